The van der Waals surface area contributed by atoms with Gasteiger partial charge in [0.25, 0.3) is 20.2 Å². The molecule has 0 fully saturated rings. The molecule has 0 spiro atoms. The maximum absolute atomic E-state index is 11.5. The van der Waals surface area contributed by atoms with Crippen LogP contribution in [0.15, 0.2) is 119 Å². The van der Waals surface area contributed by atoms with E-state index in [4.69, 9.17) is 0 Å². The van der Waals surface area contributed by atoms with Gasteiger partial charge in [-0.25, -0.2) is 0 Å². The van der Waals surface area contributed by atoms with Crippen molar-refractivity contribution in [3.05, 3.63) is 109 Å². The number of benzene rings is 8. The van der Waals surface area contributed by atoms with Crippen LogP contribution < -0.4 is 0 Å². The summed E-state index contributed by atoms with van der Waals surface area (Å²) in [5.41, 5.74) is 0. The van der Waals surface area contributed by atoms with Gasteiger partial charge in [0, 0.05) is 10.8 Å². The monoisotopic (exact) mass is 598 g/mol. The maximum Gasteiger partial charge on any atom is 0.295 e. The minimum atomic E-state index is -4.23. The summed E-state index contributed by atoms with van der Waals surface area (Å²) in [5, 5.41) is 11.2. The summed E-state index contributed by atoms with van der Waals surface area (Å²) < 4.78 is 64.9. The zero-order chi connectivity index (χ0) is 27.8. The van der Waals surface area contributed by atoms with Crippen LogP contribution in [0.2, 0.25) is 0 Å². The highest BCUT2D eigenvalue weighted by Gasteiger charge is 2.18. The van der Waals surface area contributed by atoms with Gasteiger partial charge in [-0.15, -0.1) is 0 Å². The molecule has 0 aliphatic carbocycles. The Morgan fingerprint density at radius 1 is 0.366 bits per heavy atom. The van der Waals surface area contributed by atoms with Crippen molar-refractivity contribution < 1.29 is 25.9 Å². The summed E-state index contributed by atoms with van der Waals surface area (Å²) in [5.74, 6) is 0. The second kappa shape index (κ2) is 9.54. The normalized spacial score (nSPS) is 12.3. The molecule has 0 radical (unpaired) electrons. The molecule has 8 aromatic carbocycles. The van der Waals surface area contributed by atoms with Gasteiger partial charge in [-0.3, -0.25) is 9.11 Å². The predicted octanol–water partition coefficient (Wildman–Crippen LogP) is 7.77. The lowest BCUT2D eigenvalue weighted by Gasteiger charge is -2.12. The van der Waals surface area contributed by atoms with Crippen molar-refractivity contribution in [2.75, 3.05) is 0 Å². The Morgan fingerprint density at radius 2 is 0.634 bits per heavy atom. The average Bonchev–Trinajstić information content (AvgIpc) is 2.94. The molecule has 0 aliphatic rings. The fourth-order valence-electron chi connectivity index (χ4n) is 5.87. The van der Waals surface area contributed by atoms with E-state index in [0.29, 0.717) is 10.8 Å². The zero-order valence-corrected chi connectivity index (χ0v) is 23.9. The molecule has 8 rings (SSSR count). The van der Waals surface area contributed by atoms with Crippen LogP contribution in [0.1, 0.15) is 0 Å². The third-order valence-corrected chi connectivity index (χ3v) is 9.36. The van der Waals surface area contributed by atoms with Gasteiger partial charge >= 0.3 is 0 Å². The van der Waals surface area contributed by atoms with Gasteiger partial charge in [-0.2, -0.15) is 30.3 Å². The first-order valence-corrected chi connectivity index (χ1v) is 15.3. The molecular weight excluding hydrogens is 577 g/mol. The minimum absolute atomic E-state index is 0. The molecule has 0 heterocycles. The molecule has 8 aromatic rings. The molecule has 0 amide bonds. The summed E-state index contributed by atoms with van der Waals surface area (Å²) in [6.07, 6.45) is 0. The third-order valence-electron chi connectivity index (χ3n) is 7.53. The van der Waals surface area contributed by atoms with Crippen molar-refractivity contribution in [2.45, 2.75) is 9.79 Å². The Bertz CT molecular complexity index is 2280. The first-order valence-electron chi connectivity index (χ1n) is 12.4. The molecule has 0 saturated carbocycles. The molecule has 0 atom stereocenters. The number of hydrogen-bond donors (Lipinski definition) is 2. The van der Waals surface area contributed by atoms with Crippen molar-refractivity contribution in [1.29, 1.82) is 0 Å². The Morgan fingerprint density at radius 3 is 0.951 bits per heavy atom. The van der Waals surface area contributed by atoms with E-state index in [1.165, 1.54) is 12.1 Å². The highest BCUT2D eigenvalue weighted by atomic mass is 32.2. The smallest absolute Gasteiger partial charge is 0.282 e. The van der Waals surface area contributed by atoms with Crippen molar-refractivity contribution in [3.63, 3.8) is 0 Å². The van der Waals surface area contributed by atoms with Crippen molar-refractivity contribution >= 4 is 98.4 Å². The summed E-state index contributed by atoms with van der Waals surface area (Å²) in [4.78, 5) is -0.0773. The van der Waals surface area contributed by atoms with Crippen LogP contribution in [0.4, 0.5) is 0 Å². The highest BCUT2D eigenvalue weighted by molar-refractivity contribution is 7.86. The standard InChI is InChI=1S/2C16H10O3S.H2S/c2*17-20(18,19)14-9-7-12-5-4-10-2-1-3-11-6-8-13(14)16(12)15(10)11;/h2*1-9H,(H,17,18,19);1H2. The molecule has 0 unspecified atom stereocenters. The molecule has 6 nitrogen and oxygen atoms in total. The van der Waals surface area contributed by atoms with Crippen LogP contribution in [0.25, 0.3) is 64.6 Å². The van der Waals surface area contributed by atoms with Crippen LogP contribution in [0.5, 0.6) is 0 Å². The summed E-state index contributed by atoms with van der Waals surface area (Å²) >= 11 is 0. The topological polar surface area (TPSA) is 109 Å². The fraction of sp³-hybridized carbons (Fsp3) is 0. The van der Waals surface area contributed by atoms with E-state index >= 15 is 0 Å². The maximum atomic E-state index is 11.5. The lowest BCUT2D eigenvalue weighted by molar-refractivity contribution is 0.482. The molecular formula is C32H22O6S3. The van der Waals surface area contributed by atoms with E-state index in [0.717, 1.165) is 53.9 Å². The van der Waals surface area contributed by atoms with Gasteiger partial charge < -0.3 is 0 Å². The van der Waals surface area contributed by atoms with Crippen molar-refractivity contribution in [1.82, 2.24) is 0 Å². The van der Waals surface area contributed by atoms with Crippen LogP contribution in [-0.2, 0) is 20.2 Å². The molecule has 0 aromatic heterocycles. The quantitative estimate of drug-likeness (QED) is 0.155. The van der Waals surface area contributed by atoms with E-state index < -0.39 is 20.2 Å². The minimum Gasteiger partial charge on any atom is -0.282 e. The molecule has 0 saturated heterocycles. The Labute approximate surface area is 242 Å². The third kappa shape index (κ3) is 4.34. The van der Waals surface area contributed by atoms with Gasteiger partial charge in [0.2, 0.25) is 0 Å². The molecule has 2 N–H and O–H groups in total. The second-order valence-corrected chi connectivity index (χ2v) is 12.6. The van der Waals surface area contributed by atoms with E-state index in [-0.39, 0.29) is 23.3 Å². The first-order chi connectivity index (χ1) is 19.1. The van der Waals surface area contributed by atoms with Crippen LogP contribution in [0.3, 0.4) is 0 Å². The van der Waals surface area contributed by atoms with E-state index in [1.54, 1.807) is 24.3 Å². The van der Waals surface area contributed by atoms with Gasteiger partial charge in [0.1, 0.15) is 9.79 Å². The van der Waals surface area contributed by atoms with Gasteiger partial charge in [-0.05, 0) is 66.0 Å². The summed E-state index contributed by atoms with van der Waals surface area (Å²) in [6, 6.07) is 33.6. The molecule has 9 heteroatoms. The Kier molecular flexibility index (Phi) is 6.33. The van der Waals surface area contributed by atoms with E-state index in [1.807, 2.05) is 72.8 Å². The van der Waals surface area contributed by atoms with Gasteiger partial charge in [0.05, 0.1) is 0 Å². The Balaban J connectivity index is 0.000000144. The molecule has 0 aliphatic heterocycles. The zero-order valence-electron chi connectivity index (χ0n) is 21.2. The van der Waals surface area contributed by atoms with Crippen molar-refractivity contribution in [3.8, 4) is 0 Å². The highest BCUT2D eigenvalue weighted by Crippen LogP contribution is 2.38. The van der Waals surface area contributed by atoms with Crippen LogP contribution >= 0.6 is 13.5 Å². The van der Waals surface area contributed by atoms with Crippen LogP contribution in [-0.4, -0.2) is 25.9 Å². The second-order valence-electron chi connectivity index (χ2n) is 9.79. The predicted molar refractivity (Wildman–Crippen MR) is 170 cm³/mol. The van der Waals surface area contributed by atoms with E-state index in [2.05, 4.69) is 0 Å². The van der Waals surface area contributed by atoms with Crippen molar-refractivity contribution in [2.24, 2.45) is 0 Å². The lowest BCUT2D eigenvalue weighted by Crippen LogP contribution is -1.99. The van der Waals surface area contributed by atoms with Crippen LogP contribution in [0, 0.1) is 0 Å². The number of hydrogen-bond acceptors (Lipinski definition) is 4. The van der Waals surface area contributed by atoms with Gasteiger partial charge in [-0.1, -0.05) is 97.1 Å². The largest absolute Gasteiger partial charge is 0.295 e. The molecule has 0 bridgehead atoms. The average molecular weight is 599 g/mol. The first kappa shape index (κ1) is 27.2. The SMILES string of the molecule is O=S(=O)(O)c1ccc2ccc3cccc4ccc1c2c34.O=S(=O)(O)c1ccc2ccc3cccc4ccc1c2c34.S. The van der Waals surface area contributed by atoms with Gasteiger partial charge in [0.15, 0.2) is 0 Å². The lowest BCUT2D eigenvalue weighted by atomic mass is 9.94. The Hall–Kier alpha value is -3.99. The fourth-order valence-corrected chi connectivity index (χ4v) is 7.24. The summed E-state index contributed by atoms with van der Waals surface area (Å²) in [7, 11) is -8.46. The molecule has 204 valence electrons. The number of rotatable bonds is 2. The molecule has 41 heavy (non-hydrogen) atoms. The summed E-state index contributed by atoms with van der Waals surface area (Å²) in [6.45, 7) is 0. The van der Waals surface area contributed by atoms with E-state index in [9.17, 15) is 25.9 Å².